The zero-order chi connectivity index (χ0) is 13.1. The van der Waals surface area contributed by atoms with E-state index in [0.29, 0.717) is 12.1 Å². The number of hydrogen-bond acceptors (Lipinski definition) is 4. The van der Waals surface area contributed by atoms with Gasteiger partial charge < -0.3 is 10.1 Å². The topological polar surface area (TPSA) is 24.5 Å². The zero-order valence-electron chi connectivity index (χ0n) is 11.8. The fourth-order valence-corrected chi connectivity index (χ4v) is 3.54. The number of hydrogen-bond donors (Lipinski definition) is 1. The van der Waals surface area contributed by atoms with Gasteiger partial charge in [-0.1, -0.05) is 0 Å². The molecule has 2 atom stereocenters. The normalized spacial score (nSPS) is 23.5. The molecule has 1 aliphatic heterocycles. The highest BCUT2D eigenvalue weighted by Crippen LogP contribution is 2.28. The quantitative estimate of drug-likeness (QED) is 0.907. The fraction of sp³-hybridized carbons (Fsp3) is 0.714. The average molecular weight is 268 g/mol. The minimum Gasteiger partial charge on any atom is -0.374 e. The maximum atomic E-state index is 5.98. The van der Waals surface area contributed by atoms with E-state index < -0.39 is 0 Å². The molecule has 0 amide bonds. The van der Waals surface area contributed by atoms with E-state index in [-0.39, 0.29) is 6.10 Å². The molecule has 1 saturated heterocycles. The Balaban J connectivity index is 2.08. The molecule has 18 heavy (non-hydrogen) atoms. The molecule has 1 aliphatic rings. The summed E-state index contributed by atoms with van der Waals surface area (Å²) in [6.07, 6.45) is 0.254. The van der Waals surface area contributed by atoms with Gasteiger partial charge in [0.1, 0.15) is 0 Å². The summed E-state index contributed by atoms with van der Waals surface area (Å²) in [5.74, 6) is 0. The molecular formula is C14H24N2OS. The van der Waals surface area contributed by atoms with Crippen LogP contribution in [0.25, 0.3) is 0 Å². The Bertz CT molecular complexity index is 378. The van der Waals surface area contributed by atoms with Gasteiger partial charge in [-0.25, -0.2) is 0 Å². The van der Waals surface area contributed by atoms with Crippen molar-refractivity contribution in [2.24, 2.45) is 0 Å². The van der Waals surface area contributed by atoms with Crippen LogP contribution in [0.4, 0.5) is 0 Å². The van der Waals surface area contributed by atoms with E-state index in [1.54, 1.807) is 0 Å². The van der Waals surface area contributed by atoms with E-state index in [4.69, 9.17) is 4.74 Å². The molecule has 0 radical (unpaired) electrons. The number of likely N-dealkylation sites (N-methyl/N-ethyl adjacent to an activating group) is 1. The van der Waals surface area contributed by atoms with Gasteiger partial charge in [0.2, 0.25) is 0 Å². The number of thiophene rings is 1. The van der Waals surface area contributed by atoms with Crippen molar-refractivity contribution in [3.8, 4) is 0 Å². The van der Waals surface area contributed by atoms with Gasteiger partial charge in [-0.2, -0.15) is 0 Å². The highest BCUT2D eigenvalue weighted by atomic mass is 32.1. The summed E-state index contributed by atoms with van der Waals surface area (Å²) >= 11 is 1.86. The molecule has 2 unspecified atom stereocenters. The van der Waals surface area contributed by atoms with Crippen molar-refractivity contribution in [2.45, 2.75) is 39.0 Å². The highest BCUT2D eigenvalue weighted by Gasteiger charge is 2.29. The van der Waals surface area contributed by atoms with Crippen molar-refractivity contribution in [3.05, 3.63) is 21.9 Å². The molecule has 0 spiro atoms. The Morgan fingerprint density at radius 2 is 2.22 bits per heavy atom. The maximum absolute atomic E-state index is 5.98. The lowest BCUT2D eigenvalue weighted by Crippen LogP contribution is -2.49. The van der Waals surface area contributed by atoms with Crippen LogP contribution >= 0.6 is 11.3 Å². The highest BCUT2D eigenvalue weighted by molar-refractivity contribution is 7.12. The molecule has 0 aliphatic carbocycles. The third-order valence-electron chi connectivity index (χ3n) is 3.61. The van der Waals surface area contributed by atoms with Crippen molar-refractivity contribution in [1.82, 2.24) is 10.2 Å². The van der Waals surface area contributed by atoms with E-state index in [2.05, 4.69) is 43.1 Å². The largest absolute Gasteiger partial charge is 0.374 e. The number of ether oxygens (including phenoxy) is 1. The third-order valence-corrected chi connectivity index (χ3v) is 4.69. The number of rotatable bonds is 4. The van der Waals surface area contributed by atoms with Crippen LogP contribution in [-0.2, 0) is 4.74 Å². The van der Waals surface area contributed by atoms with E-state index in [1.165, 1.54) is 9.75 Å². The van der Waals surface area contributed by atoms with Gasteiger partial charge in [0.15, 0.2) is 0 Å². The Kier molecular flexibility index (Phi) is 4.78. The summed E-state index contributed by atoms with van der Waals surface area (Å²) in [6.45, 7) is 9.57. The van der Waals surface area contributed by atoms with E-state index in [1.807, 2.05) is 18.4 Å². The summed E-state index contributed by atoms with van der Waals surface area (Å²) in [4.78, 5) is 5.24. The van der Waals surface area contributed by atoms with E-state index in [9.17, 15) is 0 Å². The summed E-state index contributed by atoms with van der Waals surface area (Å²) < 4.78 is 5.98. The minimum atomic E-state index is 0.254. The van der Waals surface area contributed by atoms with Crippen LogP contribution in [0.2, 0.25) is 0 Å². The van der Waals surface area contributed by atoms with Crippen LogP contribution in [-0.4, -0.2) is 43.8 Å². The molecule has 3 nitrogen and oxygen atoms in total. The Hall–Kier alpha value is -0.420. The summed E-state index contributed by atoms with van der Waals surface area (Å²) in [6, 6.07) is 5.32. The second kappa shape index (κ2) is 6.15. The third kappa shape index (κ3) is 3.12. The lowest BCUT2D eigenvalue weighted by molar-refractivity contribution is -0.0545. The standard InChI is InChI=1S/C14H24N2OS/c1-10(2)16-7-8-17-12(9-16)14(15-4)13-6-5-11(3)18-13/h5-6,10,12,14-15H,7-9H2,1-4H3. The predicted octanol–water partition coefficient (Wildman–Crippen LogP) is 2.43. The second-order valence-electron chi connectivity index (χ2n) is 5.21. The summed E-state index contributed by atoms with van der Waals surface area (Å²) in [5, 5.41) is 3.42. The summed E-state index contributed by atoms with van der Waals surface area (Å²) in [7, 11) is 2.03. The Morgan fingerprint density at radius 3 is 2.78 bits per heavy atom. The van der Waals surface area contributed by atoms with Crippen LogP contribution in [0.3, 0.4) is 0 Å². The molecule has 1 fully saturated rings. The van der Waals surface area contributed by atoms with Crippen LogP contribution in [0, 0.1) is 6.92 Å². The summed E-state index contributed by atoms with van der Waals surface area (Å²) in [5.41, 5.74) is 0. The maximum Gasteiger partial charge on any atom is 0.0904 e. The molecule has 0 bridgehead atoms. The average Bonchev–Trinajstić information content (AvgIpc) is 2.77. The molecule has 1 N–H and O–H groups in total. The smallest absolute Gasteiger partial charge is 0.0904 e. The van der Waals surface area contributed by atoms with Gasteiger partial charge in [0.05, 0.1) is 18.8 Å². The number of aryl methyl sites for hydroxylation is 1. The van der Waals surface area contributed by atoms with Gasteiger partial charge >= 0.3 is 0 Å². The Labute approximate surface area is 114 Å². The predicted molar refractivity (Wildman–Crippen MR) is 77.3 cm³/mol. The van der Waals surface area contributed by atoms with Crippen LogP contribution in [0.5, 0.6) is 0 Å². The second-order valence-corrected chi connectivity index (χ2v) is 6.53. The van der Waals surface area contributed by atoms with E-state index >= 15 is 0 Å². The first-order valence-electron chi connectivity index (χ1n) is 6.71. The molecule has 102 valence electrons. The first kappa shape index (κ1) is 14.0. The van der Waals surface area contributed by atoms with Crippen molar-refractivity contribution >= 4 is 11.3 Å². The lowest BCUT2D eigenvalue weighted by Gasteiger charge is -2.38. The van der Waals surface area contributed by atoms with Gasteiger partial charge in [0.25, 0.3) is 0 Å². The molecule has 1 aromatic heterocycles. The first-order chi connectivity index (χ1) is 8.61. The minimum absolute atomic E-state index is 0.254. The van der Waals surface area contributed by atoms with Gasteiger partial charge in [-0.15, -0.1) is 11.3 Å². The zero-order valence-corrected chi connectivity index (χ0v) is 12.6. The molecule has 0 aromatic carbocycles. The van der Waals surface area contributed by atoms with Gasteiger partial charge in [0, 0.05) is 28.9 Å². The number of nitrogens with one attached hydrogen (secondary N) is 1. The molecule has 1 aromatic rings. The molecule has 2 heterocycles. The Morgan fingerprint density at radius 1 is 1.44 bits per heavy atom. The van der Waals surface area contributed by atoms with Crippen molar-refractivity contribution in [3.63, 3.8) is 0 Å². The monoisotopic (exact) mass is 268 g/mol. The van der Waals surface area contributed by atoms with E-state index in [0.717, 1.165) is 19.7 Å². The van der Waals surface area contributed by atoms with Crippen LogP contribution < -0.4 is 5.32 Å². The van der Waals surface area contributed by atoms with Crippen LogP contribution in [0.1, 0.15) is 29.6 Å². The molecule has 4 heteroatoms. The SMILES string of the molecule is CNC(c1ccc(C)s1)C1CN(C(C)C)CCO1. The van der Waals surface area contributed by atoms with Crippen LogP contribution in [0.15, 0.2) is 12.1 Å². The van der Waals surface area contributed by atoms with Crippen molar-refractivity contribution in [1.29, 1.82) is 0 Å². The number of nitrogens with zero attached hydrogens (tertiary/aromatic N) is 1. The molecule has 0 saturated carbocycles. The number of morpholine rings is 1. The first-order valence-corrected chi connectivity index (χ1v) is 7.52. The van der Waals surface area contributed by atoms with Gasteiger partial charge in [-0.3, -0.25) is 4.90 Å². The fourth-order valence-electron chi connectivity index (χ4n) is 2.50. The molecular weight excluding hydrogens is 244 g/mol. The lowest BCUT2D eigenvalue weighted by atomic mass is 10.1. The van der Waals surface area contributed by atoms with Crippen molar-refractivity contribution < 1.29 is 4.74 Å². The molecule has 2 rings (SSSR count). The van der Waals surface area contributed by atoms with Crippen molar-refractivity contribution in [2.75, 3.05) is 26.7 Å². The van der Waals surface area contributed by atoms with Gasteiger partial charge in [-0.05, 0) is 40.0 Å².